The van der Waals surface area contributed by atoms with Crippen molar-refractivity contribution in [1.82, 2.24) is 5.32 Å². The Labute approximate surface area is 150 Å². The minimum Gasteiger partial charge on any atom is -0.473 e. The van der Waals surface area contributed by atoms with Gasteiger partial charge in [-0.15, -0.1) is 0 Å². The van der Waals surface area contributed by atoms with Crippen LogP contribution in [0, 0.1) is 0 Å². The highest BCUT2D eigenvalue weighted by Gasteiger charge is 2.39. The van der Waals surface area contributed by atoms with Crippen molar-refractivity contribution < 1.29 is 24.5 Å². The summed E-state index contributed by atoms with van der Waals surface area (Å²) in [5.41, 5.74) is 2.20. The minimum atomic E-state index is -1.82. The number of carboxylic acid groups (broad SMARTS) is 2. The number of carboxylic acids is 2. The van der Waals surface area contributed by atoms with Crippen LogP contribution in [0.15, 0.2) is 54.6 Å². The van der Waals surface area contributed by atoms with Gasteiger partial charge in [-0.3, -0.25) is 0 Å². The van der Waals surface area contributed by atoms with E-state index in [2.05, 4.69) is 29.6 Å². The molecule has 0 radical (unpaired) electrons. The van der Waals surface area contributed by atoms with E-state index < -0.39 is 11.9 Å². The Bertz CT molecular complexity index is 702. The Hall–Kier alpha value is -2.41. The van der Waals surface area contributed by atoms with Crippen LogP contribution in [-0.4, -0.2) is 35.2 Å². The first-order chi connectivity index (χ1) is 11.9. The normalized spacial score (nSPS) is 14.6. The van der Waals surface area contributed by atoms with Gasteiger partial charge in [0.1, 0.15) is 5.60 Å². The molecule has 0 aliphatic carbocycles. The number of hydrogen-bond acceptors (Lipinski definition) is 4. The number of nitrogens with one attached hydrogen (secondary N) is 1. The zero-order valence-electron chi connectivity index (χ0n) is 13.3. The van der Waals surface area contributed by atoms with Crippen LogP contribution in [0.25, 0.3) is 0 Å². The number of rotatable bonds is 4. The van der Waals surface area contributed by atoms with E-state index in [0.717, 1.165) is 23.7 Å². The summed E-state index contributed by atoms with van der Waals surface area (Å²) < 4.78 is 6.17. The van der Waals surface area contributed by atoms with E-state index in [1.165, 1.54) is 5.56 Å². The van der Waals surface area contributed by atoms with E-state index >= 15 is 0 Å². The second-order valence-corrected chi connectivity index (χ2v) is 5.93. The molecular weight excluding hydrogens is 346 g/mol. The van der Waals surface area contributed by atoms with Crippen LogP contribution in [0.4, 0.5) is 0 Å². The van der Waals surface area contributed by atoms with Crippen molar-refractivity contribution in [2.24, 2.45) is 0 Å². The highest BCUT2D eigenvalue weighted by atomic mass is 35.5. The molecule has 0 amide bonds. The van der Waals surface area contributed by atoms with Crippen molar-refractivity contribution in [1.29, 1.82) is 0 Å². The van der Waals surface area contributed by atoms with Gasteiger partial charge in [0.2, 0.25) is 0 Å². The van der Waals surface area contributed by atoms with Gasteiger partial charge in [0.05, 0.1) is 6.61 Å². The van der Waals surface area contributed by atoms with Gasteiger partial charge in [-0.05, 0) is 23.3 Å². The summed E-state index contributed by atoms with van der Waals surface area (Å²) in [5.74, 6) is -3.65. The van der Waals surface area contributed by atoms with E-state index in [4.69, 9.17) is 36.1 Å². The number of hydrogen-bond donors (Lipinski definition) is 3. The zero-order chi connectivity index (χ0) is 18.3. The topological polar surface area (TPSA) is 95.9 Å². The lowest BCUT2D eigenvalue weighted by Crippen LogP contribution is -2.58. The third-order valence-electron chi connectivity index (χ3n) is 3.73. The molecule has 2 aromatic rings. The van der Waals surface area contributed by atoms with Crippen molar-refractivity contribution in [3.05, 3.63) is 70.7 Å². The lowest BCUT2D eigenvalue weighted by atomic mass is 9.88. The summed E-state index contributed by atoms with van der Waals surface area (Å²) in [6.45, 7) is 2.34. The van der Waals surface area contributed by atoms with E-state index in [1.54, 1.807) is 0 Å². The van der Waals surface area contributed by atoms with E-state index in [9.17, 15) is 0 Å². The van der Waals surface area contributed by atoms with Crippen LogP contribution in [0.1, 0.15) is 11.1 Å². The molecule has 0 atom stereocenters. The molecule has 3 rings (SSSR count). The predicted molar refractivity (Wildman–Crippen MR) is 92.5 cm³/mol. The first kappa shape index (κ1) is 18.9. The number of carbonyl (C=O) groups is 2. The summed E-state index contributed by atoms with van der Waals surface area (Å²) in [6, 6.07) is 18.2. The first-order valence-corrected chi connectivity index (χ1v) is 7.92. The van der Waals surface area contributed by atoms with Crippen LogP contribution in [0.3, 0.4) is 0 Å². The molecule has 0 spiro atoms. The summed E-state index contributed by atoms with van der Waals surface area (Å²) in [4.78, 5) is 18.2. The maximum Gasteiger partial charge on any atom is 0.414 e. The van der Waals surface area contributed by atoms with Gasteiger partial charge in [-0.25, -0.2) is 9.59 Å². The Morgan fingerprint density at radius 2 is 1.56 bits per heavy atom. The van der Waals surface area contributed by atoms with Crippen LogP contribution < -0.4 is 5.32 Å². The van der Waals surface area contributed by atoms with Crippen molar-refractivity contribution in [3.63, 3.8) is 0 Å². The molecule has 1 aliphatic heterocycles. The smallest absolute Gasteiger partial charge is 0.414 e. The average Bonchev–Trinajstić information content (AvgIpc) is 2.57. The molecule has 3 N–H and O–H groups in total. The van der Waals surface area contributed by atoms with Crippen LogP contribution >= 0.6 is 11.6 Å². The Morgan fingerprint density at radius 3 is 2.00 bits per heavy atom. The lowest BCUT2D eigenvalue weighted by Gasteiger charge is -2.42. The van der Waals surface area contributed by atoms with Crippen molar-refractivity contribution in [2.75, 3.05) is 13.1 Å². The number of ether oxygens (including phenoxy) is 1. The number of benzene rings is 2. The Kier molecular flexibility index (Phi) is 6.52. The molecule has 0 bridgehead atoms. The highest BCUT2D eigenvalue weighted by molar-refractivity contribution is 6.30. The minimum absolute atomic E-state index is 0.180. The summed E-state index contributed by atoms with van der Waals surface area (Å²) in [6.07, 6.45) is 0. The van der Waals surface area contributed by atoms with Crippen molar-refractivity contribution >= 4 is 23.5 Å². The fourth-order valence-electron chi connectivity index (χ4n) is 2.29. The second-order valence-electron chi connectivity index (χ2n) is 5.49. The van der Waals surface area contributed by atoms with Crippen LogP contribution in [-0.2, 0) is 26.5 Å². The highest BCUT2D eigenvalue weighted by Crippen LogP contribution is 2.31. The standard InChI is InChI=1S/C16H16ClNO.C2H2O4/c17-15-8-6-13(7-9-15)10-19-16(11-18-12-16)14-4-2-1-3-5-14;3-1(4)2(5)6/h1-9,18H,10-12H2;(H,3,4)(H,5,6). The fraction of sp³-hybridized carbons (Fsp3) is 0.222. The Balaban J connectivity index is 0.000000326. The van der Waals surface area contributed by atoms with Gasteiger partial charge in [0, 0.05) is 18.1 Å². The van der Waals surface area contributed by atoms with E-state index in [-0.39, 0.29) is 5.60 Å². The molecular formula is C18H18ClNO5. The fourth-order valence-corrected chi connectivity index (χ4v) is 2.41. The van der Waals surface area contributed by atoms with Crippen LogP contribution in [0.5, 0.6) is 0 Å². The third-order valence-corrected chi connectivity index (χ3v) is 3.98. The molecule has 25 heavy (non-hydrogen) atoms. The molecule has 0 unspecified atom stereocenters. The molecule has 1 aliphatic rings. The number of halogens is 1. The molecule has 0 aromatic heterocycles. The maximum atomic E-state index is 9.10. The van der Waals surface area contributed by atoms with Gasteiger partial charge in [-0.1, -0.05) is 54.1 Å². The molecule has 1 heterocycles. The largest absolute Gasteiger partial charge is 0.473 e. The monoisotopic (exact) mass is 363 g/mol. The van der Waals surface area contributed by atoms with Crippen molar-refractivity contribution in [2.45, 2.75) is 12.2 Å². The van der Waals surface area contributed by atoms with Gasteiger partial charge in [0.25, 0.3) is 0 Å². The maximum absolute atomic E-state index is 9.10. The van der Waals surface area contributed by atoms with Crippen molar-refractivity contribution in [3.8, 4) is 0 Å². The molecule has 7 heteroatoms. The molecule has 132 valence electrons. The summed E-state index contributed by atoms with van der Waals surface area (Å²) in [5, 5.41) is 18.8. The number of aliphatic carboxylic acids is 2. The predicted octanol–water partition coefficient (Wildman–Crippen LogP) is 2.51. The zero-order valence-corrected chi connectivity index (χ0v) is 14.1. The van der Waals surface area contributed by atoms with Gasteiger partial charge < -0.3 is 20.3 Å². The van der Waals surface area contributed by atoms with E-state index in [0.29, 0.717) is 6.61 Å². The second kappa shape index (κ2) is 8.62. The summed E-state index contributed by atoms with van der Waals surface area (Å²) in [7, 11) is 0. The summed E-state index contributed by atoms with van der Waals surface area (Å²) >= 11 is 5.89. The van der Waals surface area contributed by atoms with Crippen LogP contribution in [0.2, 0.25) is 5.02 Å². The van der Waals surface area contributed by atoms with Gasteiger partial charge in [0.15, 0.2) is 0 Å². The van der Waals surface area contributed by atoms with E-state index in [1.807, 2.05) is 30.3 Å². The first-order valence-electron chi connectivity index (χ1n) is 7.54. The molecule has 2 aromatic carbocycles. The van der Waals surface area contributed by atoms with Gasteiger partial charge >= 0.3 is 11.9 Å². The Morgan fingerprint density at radius 1 is 1.00 bits per heavy atom. The molecule has 1 fully saturated rings. The average molecular weight is 364 g/mol. The molecule has 1 saturated heterocycles. The molecule has 0 saturated carbocycles. The van der Waals surface area contributed by atoms with Gasteiger partial charge in [-0.2, -0.15) is 0 Å². The lowest BCUT2D eigenvalue weighted by molar-refractivity contribution is -0.159. The molecule has 6 nitrogen and oxygen atoms in total. The quantitative estimate of drug-likeness (QED) is 0.722. The SMILES string of the molecule is Clc1ccc(COC2(c3ccccc3)CNC2)cc1.O=C(O)C(=O)O. The third kappa shape index (κ3) is 5.29.